The van der Waals surface area contributed by atoms with E-state index in [1.807, 2.05) is 0 Å². The summed E-state index contributed by atoms with van der Waals surface area (Å²) in [7, 11) is 0. The fourth-order valence-electron chi connectivity index (χ4n) is 2.42. The summed E-state index contributed by atoms with van der Waals surface area (Å²) < 4.78 is 76.1. The number of fused-ring (bicyclic) bond motifs is 1. The molecule has 0 saturated carbocycles. The van der Waals surface area contributed by atoms with Crippen LogP contribution in [-0.2, 0) is 30.5 Å². The molecule has 28 heavy (non-hydrogen) atoms. The molecular formula is C16H15F6N5O. The topological polar surface area (TPSA) is 77.0 Å². The number of carbonyl (C=O) groups is 1. The number of hydrogen-bond donors (Lipinski definition) is 1. The van der Waals surface area contributed by atoms with Gasteiger partial charge in [0.05, 0.1) is 6.54 Å². The van der Waals surface area contributed by atoms with E-state index in [1.165, 1.54) is 4.90 Å². The van der Waals surface area contributed by atoms with Crippen LogP contribution in [0, 0.1) is 17.5 Å². The number of nitrogens with zero attached hydrogens (tertiary/aromatic N) is 4. The summed E-state index contributed by atoms with van der Waals surface area (Å²) in [4.78, 5) is 11.8. The van der Waals surface area contributed by atoms with Gasteiger partial charge in [0.15, 0.2) is 17.5 Å². The number of allylic oxidation sites excluding steroid dienone is 1. The van der Waals surface area contributed by atoms with Crippen molar-refractivity contribution in [2.24, 2.45) is 5.73 Å². The highest BCUT2D eigenvalue weighted by Crippen LogP contribution is 2.29. The molecule has 12 heteroatoms. The van der Waals surface area contributed by atoms with Gasteiger partial charge in [-0.2, -0.15) is 13.2 Å². The van der Waals surface area contributed by atoms with Gasteiger partial charge in [0.2, 0.25) is 12.2 Å². The van der Waals surface area contributed by atoms with Gasteiger partial charge >= 0.3 is 6.18 Å². The number of nitrogens with two attached hydrogens (primary N) is 1. The van der Waals surface area contributed by atoms with Crippen LogP contribution in [0.3, 0.4) is 0 Å². The van der Waals surface area contributed by atoms with Crippen molar-refractivity contribution in [3.8, 4) is 0 Å². The number of benzene rings is 1. The monoisotopic (exact) mass is 407 g/mol. The van der Waals surface area contributed by atoms with Gasteiger partial charge in [-0.15, -0.1) is 10.2 Å². The Labute approximate surface area is 155 Å². The van der Waals surface area contributed by atoms with Gasteiger partial charge in [-0.05, 0) is 11.6 Å². The maximum Gasteiger partial charge on any atom is 0.451 e. The number of rotatable bonds is 3. The first-order chi connectivity index (χ1) is 13.0. The first-order valence-corrected chi connectivity index (χ1v) is 7.78. The van der Waals surface area contributed by atoms with Gasteiger partial charge in [0, 0.05) is 31.3 Å². The number of aromatic nitrogens is 3. The first kappa shape index (κ1) is 21.3. The third-order valence-corrected chi connectivity index (χ3v) is 3.69. The highest BCUT2D eigenvalue weighted by molar-refractivity contribution is 5.47. The van der Waals surface area contributed by atoms with Crippen LogP contribution < -0.4 is 5.73 Å². The van der Waals surface area contributed by atoms with E-state index >= 15 is 0 Å². The maximum atomic E-state index is 12.9. The molecule has 3 rings (SSSR count). The van der Waals surface area contributed by atoms with Crippen molar-refractivity contribution in [2.45, 2.75) is 25.7 Å². The molecule has 1 aliphatic heterocycles. The predicted molar refractivity (Wildman–Crippen MR) is 84.8 cm³/mol. The van der Waals surface area contributed by atoms with Crippen LogP contribution in [0.2, 0.25) is 0 Å². The van der Waals surface area contributed by atoms with E-state index in [4.69, 9.17) is 5.73 Å². The summed E-state index contributed by atoms with van der Waals surface area (Å²) in [5.41, 5.74) is 5.41. The van der Waals surface area contributed by atoms with E-state index in [0.717, 1.165) is 10.6 Å². The summed E-state index contributed by atoms with van der Waals surface area (Å²) in [5, 5.41) is 6.50. The second-order valence-corrected chi connectivity index (χ2v) is 5.86. The molecule has 0 aliphatic carbocycles. The Kier molecular flexibility index (Phi) is 6.31. The lowest BCUT2D eigenvalue weighted by atomic mass is 10.1. The summed E-state index contributed by atoms with van der Waals surface area (Å²) >= 11 is 0. The fourth-order valence-corrected chi connectivity index (χ4v) is 2.42. The molecule has 1 amide bonds. The largest absolute Gasteiger partial charge is 0.451 e. The van der Waals surface area contributed by atoms with E-state index in [0.29, 0.717) is 12.5 Å². The number of halogens is 6. The van der Waals surface area contributed by atoms with Gasteiger partial charge < -0.3 is 15.2 Å². The molecule has 1 aromatic heterocycles. The number of alkyl halides is 3. The minimum atomic E-state index is -4.49. The Morgan fingerprint density at radius 2 is 1.79 bits per heavy atom. The lowest BCUT2D eigenvalue weighted by molar-refractivity contribution is -0.148. The summed E-state index contributed by atoms with van der Waals surface area (Å²) in [5.74, 6) is -3.93. The first-order valence-electron chi connectivity index (χ1n) is 7.78. The highest BCUT2D eigenvalue weighted by atomic mass is 19.4. The average molecular weight is 407 g/mol. The molecule has 1 aromatic carbocycles. The minimum Gasteiger partial charge on any atom is -0.402 e. The van der Waals surface area contributed by atoms with Crippen LogP contribution in [-0.4, -0.2) is 32.6 Å². The molecular weight excluding hydrogens is 392 g/mol. The van der Waals surface area contributed by atoms with Gasteiger partial charge in [0.1, 0.15) is 5.82 Å². The summed E-state index contributed by atoms with van der Waals surface area (Å²) in [6.45, 7) is 3.74. The van der Waals surface area contributed by atoms with Crippen LogP contribution in [0.25, 0.3) is 0 Å². The second kappa shape index (κ2) is 8.31. The molecule has 0 bridgehead atoms. The molecule has 2 N–H and O–H groups in total. The van der Waals surface area contributed by atoms with E-state index in [2.05, 4.69) is 16.8 Å². The van der Waals surface area contributed by atoms with Gasteiger partial charge in [0.25, 0.3) is 0 Å². The number of carbonyl (C=O) groups excluding carboxylic acids is 1. The van der Waals surface area contributed by atoms with Crippen LogP contribution in [0.15, 0.2) is 24.4 Å². The zero-order valence-electron chi connectivity index (χ0n) is 14.3. The van der Waals surface area contributed by atoms with E-state index < -0.39 is 29.5 Å². The predicted octanol–water partition coefficient (Wildman–Crippen LogP) is 2.39. The Bertz CT molecular complexity index is 879. The van der Waals surface area contributed by atoms with Crippen LogP contribution in [0.1, 0.15) is 17.2 Å². The van der Waals surface area contributed by atoms with E-state index in [9.17, 15) is 31.1 Å². The van der Waals surface area contributed by atoms with Crippen molar-refractivity contribution >= 4 is 6.41 Å². The zero-order chi connectivity index (χ0) is 21.1. The fraction of sp³-hybridized carbons (Fsp3) is 0.312. The van der Waals surface area contributed by atoms with Gasteiger partial charge in [-0.1, -0.05) is 6.58 Å². The molecule has 2 heterocycles. The average Bonchev–Trinajstić information content (AvgIpc) is 3.03. The van der Waals surface area contributed by atoms with Crippen molar-refractivity contribution < 1.29 is 31.1 Å². The molecule has 0 fully saturated rings. The van der Waals surface area contributed by atoms with Crippen molar-refractivity contribution in [1.29, 1.82) is 0 Å². The van der Waals surface area contributed by atoms with Crippen LogP contribution >= 0.6 is 0 Å². The Morgan fingerprint density at radius 3 is 2.36 bits per heavy atom. The normalized spacial score (nSPS) is 13.4. The Hall–Kier alpha value is -3.05. The smallest absolute Gasteiger partial charge is 0.402 e. The minimum absolute atomic E-state index is 0.00301. The van der Waals surface area contributed by atoms with Crippen LogP contribution in [0.5, 0.6) is 0 Å². The number of hydrogen-bond acceptors (Lipinski definition) is 4. The van der Waals surface area contributed by atoms with E-state index in [1.54, 1.807) is 0 Å². The summed E-state index contributed by atoms with van der Waals surface area (Å²) in [6.07, 6.45) is -3.90. The van der Waals surface area contributed by atoms with Crippen molar-refractivity contribution in [3.05, 3.63) is 59.1 Å². The third-order valence-electron chi connectivity index (χ3n) is 3.69. The maximum absolute atomic E-state index is 12.9. The SMILES string of the molecule is C=C(N)Cc1cc(F)c(F)cc1F.O=CN1CCn2c(nnc2C(F)(F)F)C1. The molecule has 1 aliphatic rings. The van der Waals surface area contributed by atoms with Crippen LogP contribution in [0.4, 0.5) is 26.3 Å². The zero-order valence-corrected chi connectivity index (χ0v) is 14.3. The summed E-state index contributed by atoms with van der Waals surface area (Å²) in [6, 6.07) is 1.27. The molecule has 0 saturated heterocycles. The lowest BCUT2D eigenvalue weighted by Crippen LogP contribution is -2.34. The molecule has 152 valence electrons. The van der Waals surface area contributed by atoms with E-state index in [-0.39, 0.29) is 43.1 Å². The van der Waals surface area contributed by atoms with Crippen molar-refractivity contribution in [1.82, 2.24) is 19.7 Å². The Morgan fingerprint density at radius 1 is 1.14 bits per heavy atom. The lowest BCUT2D eigenvalue weighted by Gasteiger charge is -2.24. The number of amides is 1. The standard InChI is InChI=1S/C9H8F3N.C7H7F3N4O/c1-5(13)2-6-3-8(11)9(12)4-7(6)10;8-7(9,10)6-12-11-5-3-13(4-15)1-2-14(5)6/h3-4H,1-2,13H2;4H,1-3H2. The highest BCUT2D eigenvalue weighted by Gasteiger charge is 2.39. The van der Waals surface area contributed by atoms with Crippen molar-refractivity contribution in [2.75, 3.05) is 6.54 Å². The van der Waals surface area contributed by atoms with Crippen molar-refractivity contribution in [3.63, 3.8) is 0 Å². The molecule has 0 atom stereocenters. The molecule has 6 nitrogen and oxygen atoms in total. The quantitative estimate of drug-likeness (QED) is 0.482. The van der Waals surface area contributed by atoms with Gasteiger partial charge in [-0.25, -0.2) is 13.2 Å². The second-order valence-electron chi connectivity index (χ2n) is 5.86. The Balaban J connectivity index is 0.000000203. The molecule has 0 unspecified atom stereocenters. The molecule has 0 spiro atoms. The van der Waals surface area contributed by atoms with Gasteiger partial charge in [-0.3, -0.25) is 4.79 Å². The molecule has 2 aromatic rings. The molecule has 0 radical (unpaired) electrons. The third kappa shape index (κ3) is 5.02.